The van der Waals surface area contributed by atoms with Gasteiger partial charge in [-0.05, 0) is 31.4 Å². The fourth-order valence-corrected chi connectivity index (χ4v) is 2.02. The lowest BCUT2D eigenvalue weighted by Gasteiger charge is -2.23. The highest BCUT2D eigenvalue weighted by Crippen LogP contribution is 2.24. The van der Waals surface area contributed by atoms with Crippen molar-refractivity contribution in [3.63, 3.8) is 0 Å². The van der Waals surface area contributed by atoms with E-state index in [1.807, 2.05) is 18.2 Å². The minimum absolute atomic E-state index is 0.0416. The van der Waals surface area contributed by atoms with E-state index in [2.05, 4.69) is 5.32 Å². The molecular weight excluding hydrogens is 244 g/mol. The van der Waals surface area contributed by atoms with Gasteiger partial charge in [0.05, 0.1) is 18.3 Å². The maximum Gasteiger partial charge on any atom is 0.238 e. The number of carbonyl (C=O) groups is 1. The van der Waals surface area contributed by atoms with Crippen LogP contribution in [0.25, 0.3) is 0 Å². The Morgan fingerprint density at radius 1 is 1.42 bits per heavy atom. The zero-order valence-corrected chi connectivity index (χ0v) is 10.9. The molecular formula is C14H20N2O3. The van der Waals surface area contributed by atoms with E-state index in [0.717, 1.165) is 19.4 Å². The second-order valence-electron chi connectivity index (χ2n) is 4.55. The molecule has 5 nitrogen and oxygen atoms in total. The highest BCUT2D eigenvalue weighted by molar-refractivity contribution is 5.93. The van der Waals surface area contributed by atoms with Gasteiger partial charge in [0.15, 0.2) is 0 Å². The van der Waals surface area contributed by atoms with Crippen LogP contribution in [0.1, 0.15) is 19.3 Å². The summed E-state index contributed by atoms with van der Waals surface area (Å²) >= 11 is 0. The molecule has 1 unspecified atom stereocenters. The van der Waals surface area contributed by atoms with Gasteiger partial charge in [0, 0.05) is 6.61 Å². The Hall–Kier alpha value is -1.59. The van der Waals surface area contributed by atoms with E-state index < -0.39 is 0 Å². The Labute approximate surface area is 113 Å². The summed E-state index contributed by atoms with van der Waals surface area (Å²) in [7, 11) is 0. The molecule has 1 aliphatic rings. The highest BCUT2D eigenvalue weighted by atomic mass is 16.5. The molecule has 0 saturated carbocycles. The first kappa shape index (κ1) is 13.8. The summed E-state index contributed by atoms with van der Waals surface area (Å²) in [5, 5.41) is 2.72. The monoisotopic (exact) mass is 264 g/mol. The zero-order chi connectivity index (χ0) is 13.5. The number of rotatable bonds is 5. The van der Waals surface area contributed by atoms with Gasteiger partial charge in [0.25, 0.3) is 0 Å². The van der Waals surface area contributed by atoms with Crippen molar-refractivity contribution in [1.82, 2.24) is 0 Å². The Balaban J connectivity index is 1.93. The van der Waals surface area contributed by atoms with E-state index in [1.54, 1.807) is 6.07 Å². The number of amides is 1. The van der Waals surface area contributed by atoms with Crippen molar-refractivity contribution < 1.29 is 14.3 Å². The maximum absolute atomic E-state index is 11.3. The van der Waals surface area contributed by atoms with Gasteiger partial charge in [-0.25, -0.2) is 0 Å². The van der Waals surface area contributed by atoms with Crippen LogP contribution in [0.15, 0.2) is 24.3 Å². The molecule has 0 bridgehead atoms. The first-order chi connectivity index (χ1) is 9.29. The second kappa shape index (κ2) is 7.11. The molecule has 1 aliphatic heterocycles. The van der Waals surface area contributed by atoms with Crippen LogP contribution in [-0.2, 0) is 9.53 Å². The average Bonchev–Trinajstić information content (AvgIpc) is 2.47. The van der Waals surface area contributed by atoms with E-state index in [0.29, 0.717) is 18.0 Å². The normalized spacial score (nSPS) is 18.9. The molecule has 1 aromatic rings. The largest absolute Gasteiger partial charge is 0.489 e. The quantitative estimate of drug-likeness (QED) is 0.846. The van der Waals surface area contributed by atoms with Gasteiger partial charge in [-0.1, -0.05) is 12.1 Å². The van der Waals surface area contributed by atoms with E-state index in [-0.39, 0.29) is 18.6 Å². The number of para-hydroxylation sites is 2. The molecule has 104 valence electrons. The minimum atomic E-state index is -0.232. The van der Waals surface area contributed by atoms with Crippen LogP contribution in [0.3, 0.4) is 0 Å². The number of nitrogens with two attached hydrogens (primary N) is 1. The van der Waals surface area contributed by atoms with Crippen molar-refractivity contribution in [2.75, 3.05) is 25.1 Å². The van der Waals surface area contributed by atoms with Gasteiger partial charge in [0.1, 0.15) is 12.4 Å². The molecule has 2 rings (SSSR count). The molecule has 3 N–H and O–H groups in total. The number of hydrogen-bond acceptors (Lipinski definition) is 4. The van der Waals surface area contributed by atoms with Crippen LogP contribution in [0.2, 0.25) is 0 Å². The Morgan fingerprint density at radius 2 is 2.26 bits per heavy atom. The third kappa shape index (κ3) is 4.22. The Kier molecular flexibility index (Phi) is 5.18. The predicted octanol–water partition coefficient (Wildman–Crippen LogP) is 1.53. The SMILES string of the molecule is NCC(=O)Nc1ccccc1OCC1CCCCO1. The number of hydrogen-bond donors (Lipinski definition) is 2. The Morgan fingerprint density at radius 3 is 3.00 bits per heavy atom. The number of nitrogens with one attached hydrogen (secondary N) is 1. The van der Waals surface area contributed by atoms with Gasteiger partial charge < -0.3 is 20.5 Å². The van der Waals surface area contributed by atoms with Gasteiger partial charge in [-0.3, -0.25) is 4.79 Å². The van der Waals surface area contributed by atoms with E-state index >= 15 is 0 Å². The molecule has 0 spiro atoms. The summed E-state index contributed by atoms with van der Waals surface area (Å²) in [6.45, 7) is 1.27. The molecule has 5 heteroatoms. The maximum atomic E-state index is 11.3. The predicted molar refractivity (Wildman–Crippen MR) is 73.2 cm³/mol. The van der Waals surface area contributed by atoms with Gasteiger partial charge in [-0.2, -0.15) is 0 Å². The smallest absolute Gasteiger partial charge is 0.238 e. The molecule has 1 saturated heterocycles. The van der Waals surface area contributed by atoms with Crippen LogP contribution in [0, 0.1) is 0 Å². The molecule has 0 aromatic heterocycles. The van der Waals surface area contributed by atoms with Gasteiger partial charge in [-0.15, -0.1) is 0 Å². The van der Waals surface area contributed by atoms with E-state index in [1.165, 1.54) is 6.42 Å². The van der Waals surface area contributed by atoms with Gasteiger partial charge in [0.2, 0.25) is 5.91 Å². The lowest BCUT2D eigenvalue weighted by atomic mass is 10.1. The molecule has 1 atom stereocenters. The summed E-state index contributed by atoms with van der Waals surface area (Å²) in [5.74, 6) is 0.420. The number of ether oxygens (including phenoxy) is 2. The van der Waals surface area contributed by atoms with Crippen molar-refractivity contribution in [3.8, 4) is 5.75 Å². The van der Waals surface area contributed by atoms with E-state index in [4.69, 9.17) is 15.2 Å². The molecule has 1 amide bonds. The fourth-order valence-electron chi connectivity index (χ4n) is 2.02. The molecule has 1 heterocycles. The summed E-state index contributed by atoms with van der Waals surface area (Å²) < 4.78 is 11.4. The third-order valence-corrected chi connectivity index (χ3v) is 3.05. The second-order valence-corrected chi connectivity index (χ2v) is 4.55. The molecule has 19 heavy (non-hydrogen) atoms. The number of benzene rings is 1. The fraction of sp³-hybridized carbons (Fsp3) is 0.500. The molecule has 0 radical (unpaired) electrons. The first-order valence-electron chi connectivity index (χ1n) is 6.63. The zero-order valence-electron chi connectivity index (χ0n) is 10.9. The van der Waals surface area contributed by atoms with Crippen LogP contribution >= 0.6 is 0 Å². The van der Waals surface area contributed by atoms with Crippen LogP contribution in [0.5, 0.6) is 5.75 Å². The molecule has 0 aliphatic carbocycles. The molecule has 1 aromatic carbocycles. The van der Waals surface area contributed by atoms with Crippen molar-refractivity contribution in [3.05, 3.63) is 24.3 Å². The summed E-state index contributed by atoms with van der Waals surface area (Å²) in [5.41, 5.74) is 5.93. The standard InChI is InChI=1S/C14H20N2O3/c15-9-14(17)16-12-6-1-2-7-13(12)19-10-11-5-3-4-8-18-11/h1-2,6-7,11H,3-5,8-10,15H2,(H,16,17). The Bertz CT molecular complexity index is 417. The minimum Gasteiger partial charge on any atom is -0.489 e. The van der Waals surface area contributed by atoms with Crippen LogP contribution in [0.4, 0.5) is 5.69 Å². The topological polar surface area (TPSA) is 73.6 Å². The van der Waals surface area contributed by atoms with E-state index in [9.17, 15) is 4.79 Å². The highest BCUT2D eigenvalue weighted by Gasteiger charge is 2.15. The van der Waals surface area contributed by atoms with Crippen molar-refractivity contribution in [2.45, 2.75) is 25.4 Å². The summed E-state index contributed by atoms with van der Waals surface area (Å²) in [6, 6.07) is 7.34. The third-order valence-electron chi connectivity index (χ3n) is 3.05. The van der Waals surface area contributed by atoms with Crippen LogP contribution in [-0.4, -0.2) is 31.8 Å². The van der Waals surface area contributed by atoms with Crippen LogP contribution < -0.4 is 15.8 Å². The van der Waals surface area contributed by atoms with Gasteiger partial charge >= 0.3 is 0 Å². The average molecular weight is 264 g/mol. The number of carbonyl (C=O) groups excluding carboxylic acids is 1. The summed E-state index contributed by atoms with van der Waals surface area (Å²) in [4.78, 5) is 11.3. The first-order valence-corrected chi connectivity index (χ1v) is 6.63. The van der Waals surface area contributed by atoms with Crippen molar-refractivity contribution in [1.29, 1.82) is 0 Å². The lowest BCUT2D eigenvalue weighted by molar-refractivity contribution is -0.114. The number of anilines is 1. The summed E-state index contributed by atoms with van der Waals surface area (Å²) in [6.07, 6.45) is 3.48. The van der Waals surface area contributed by atoms with Crippen molar-refractivity contribution in [2.24, 2.45) is 5.73 Å². The van der Waals surface area contributed by atoms with Crippen molar-refractivity contribution >= 4 is 11.6 Å². The molecule has 1 fully saturated rings. The lowest BCUT2D eigenvalue weighted by Crippen LogP contribution is -2.26.